The molecular weight excluding hydrogens is 254 g/mol. The van der Waals surface area contributed by atoms with E-state index in [-0.39, 0.29) is 12.5 Å². The Hall–Kier alpha value is -1.10. The first kappa shape index (κ1) is 15.0. The summed E-state index contributed by atoms with van der Waals surface area (Å²) < 4.78 is 5.07. The highest BCUT2D eigenvalue weighted by Gasteiger charge is 2.26. The van der Waals surface area contributed by atoms with E-state index in [4.69, 9.17) is 21.4 Å². The summed E-state index contributed by atoms with van der Waals surface area (Å²) >= 11 is 5.76. The van der Waals surface area contributed by atoms with Crippen molar-refractivity contribution in [1.82, 2.24) is 5.32 Å². The van der Waals surface area contributed by atoms with E-state index in [9.17, 15) is 4.79 Å². The number of benzene rings is 1. The van der Waals surface area contributed by atoms with E-state index < -0.39 is 5.54 Å². The van der Waals surface area contributed by atoms with E-state index in [0.717, 1.165) is 0 Å². The molecule has 0 heterocycles. The molecule has 0 aromatic heterocycles. The number of rotatable bonds is 6. The second kappa shape index (κ2) is 6.73. The van der Waals surface area contributed by atoms with Crippen molar-refractivity contribution in [2.75, 3.05) is 20.3 Å². The number of halogens is 1. The number of nitrogens with one attached hydrogen (secondary N) is 1. The maximum atomic E-state index is 12.0. The van der Waals surface area contributed by atoms with Crippen molar-refractivity contribution < 1.29 is 14.6 Å². The standard InChI is InChI=1S/C13H18ClNO3/c1-13(7-8-16,9-18-2)15-12(17)10-3-5-11(14)6-4-10/h3-6,16H,7-9H2,1-2H3,(H,15,17). The van der Waals surface area contributed by atoms with Gasteiger partial charge in [0.25, 0.3) is 5.91 Å². The van der Waals surface area contributed by atoms with Crippen molar-refractivity contribution in [3.63, 3.8) is 0 Å². The average Bonchev–Trinajstić information content (AvgIpc) is 2.30. The number of carbonyl (C=O) groups is 1. The van der Waals surface area contributed by atoms with E-state index in [1.165, 1.54) is 0 Å². The molecule has 18 heavy (non-hydrogen) atoms. The van der Waals surface area contributed by atoms with Crippen molar-refractivity contribution in [1.29, 1.82) is 0 Å². The third-order valence-electron chi connectivity index (χ3n) is 2.65. The summed E-state index contributed by atoms with van der Waals surface area (Å²) in [5.74, 6) is -0.209. The zero-order chi connectivity index (χ0) is 13.6. The Labute approximate surface area is 112 Å². The number of hydrogen-bond donors (Lipinski definition) is 2. The minimum Gasteiger partial charge on any atom is -0.396 e. The molecule has 0 aliphatic heterocycles. The molecule has 4 nitrogen and oxygen atoms in total. The van der Waals surface area contributed by atoms with Crippen LogP contribution in [0, 0.1) is 0 Å². The Morgan fingerprint density at radius 2 is 2.06 bits per heavy atom. The largest absolute Gasteiger partial charge is 0.396 e. The lowest BCUT2D eigenvalue weighted by molar-refractivity contribution is 0.0725. The second-order valence-electron chi connectivity index (χ2n) is 4.43. The minimum absolute atomic E-state index is 0.0131. The number of methoxy groups -OCH3 is 1. The molecular formula is C13H18ClNO3. The summed E-state index contributed by atoms with van der Waals surface area (Å²) in [6, 6.07) is 6.64. The van der Waals surface area contributed by atoms with Crippen LogP contribution in [0.1, 0.15) is 23.7 Å². The highest BCUT2D eigenvalue weighted by Crippen LogP contribution is 2.13. The van der Waals surface area contributed by atoms with Crippen LogP contribution < -0.4 is 5.32 Å². The Bertz CT molecular complexity index is 386. The second-order valence-corrected chi connectivity index (χ2v) is 4.86. The van der Waals surface area contributed by atoms with Crippen molar-refractivity contribution in [2.24, 2.45) is 0 Å². The Balaban J connectivity index is 2.74. The molecule has 0 aliphatic carbocycles. The summed E-state index contributed by atoms with van der Waals surface area (Å²) in [6.45, 7) is 2.16. The van der Waals surface area contributed by atoms with Crippen LogP contribution in [0.15, 0.2) is 24.3 Å². The summed E-state index contributed by atoms with van der Waals surface area (Å²) in [5.41, 5.74) is -0.0556. The number of amides is 1. The van der Waals surface area contributed by atoms with E-state index >= 15 is 0 Å². The molecule has 1 rings (SSSR count). The SMILES string of the molecule is COCC(C)(CCO)NC(=O)c1ccc(Cl)cc1. The number of hydrogen-bond acceptors (Lipinski definition) is 3. The van der Waals surface area contributed by atoms with Gasteiger partial charge in [-0.05, 0) is 37.6 Å². The van der Waals surface area contributed by atoms with Gasteiger partial charge in [-0.2, -0.15) is 0 Å². The summed E-state index contributed by atoms with van der Waals surface area (Å²) in [5, 5.41) is 12.5. The van der Waals surface area contributed by atoms with Crippen molar-refractivity contribution in [3.8, 4) is 0 Å². The molecule has 1 unspecified atom stereocenters. The fourth-order valence-corrected chi connectivity index (χ4v) is 1.81. The third kappa shape index (κ3) is 4.29. The van der Waals surface area contributed by atoms with Gasteiger partial charge in [0.1, 0.15) is 0 Å². The molecule has 1 aromatic rings. The maximum Gasteiger partial charge on any atom is 0.251 e. The normalized spacial score (nSPS) is 14.0. The molecule has 0 saturated carbocycles. The number of carbonyl (C=O) groups excluding carboxylic acids is 1. The molecule has 1 amide bonds. The van der Waals surface area contributed by atoms with Crippen LogP contribution in [-0.4, -0.2) is 36.9 Å². The molecule has 5 heteroatoms. The molecule has 0 aliphatic rings. The highest BCUT2D eigenvalue weighted by molar-refractivity contribution is 6.30. The molecule has 1 atom stereocenters. The van der Waals surface area contributed by atoms with Gasteiger partial charge in [0, 0.05) is 24.3 Å². The lowest BCUT2D eigenvalue weighted by Gasteiger charge is -2.29. The lowest BCUT2D eigenvalue weighted by atomic mass is 9.98. The van der Waals surface area contributed by atoms with Crippen LogP contribution in [0.3, 0.4) is 0 Å². The van der Waals surface area contributed by atoms with Gasteiger partial charge in [-0.15, -0.1) is 0 Å². The molecule has 2 N–H and O–H groups in total. The van der Waals surface area contributed by atoms with Crippen molar-refractivity contribution >= 4 is 17.5 Å². The number of aliphatic hydroxyl groups is 1. The molecule has 0 radical (unpaired) electrons. The van der Waals surface area contributed by atoms with Crippen LogP contribution in [0.25, 0.3) is 0 Å². The molecule has 0 saturated heterocycles. The molecule has 0 spiro atoms. The van der Waals surface area contributed by atoms with Gasteiger partial charge in [-0.1, -0.05) is 11.6 Å². The maximum absolute atomic E-state index is 12.0. The van der Waals surface area contributed by atoms with Crippen LogP contribution in [0.5, 0.6) is 0 Å². The third-order valence-corrected chi connectivity index (χ3v) is 2.90. The van der Waals surface area contributed by atoms with Crippen LogP contribution >= 0.6 is 11.6 Å². The van der Waals surface area contributed by atoms with Gasteiger partial charge >= 0.3 is 0 Å². The van der Waals surface area contributed by atoms with E-state index in [1.54, 1.807) is 31.4 Å². The quantitative estimate of drug-likeness (QED) is 0.830. The van der Waals surface area contributed by atoms with E-state index in [2.05, 4.69) is 5.32 Å². The summed E-state index contributed by atoms with van der Waals surface area (Å²) in [7, 11) is 1.56. The predicted molar refractivity (Wildman–Crippen MR) is 70.9 cm³/mol. The minimum atomic E-state index is -0.583. The van der Waals surface area contributed by atoms with Gasteiger partial charge in [-0.25, -0.2) is 0 Å². The van der Waals surface area contributed by atoms with Gasteiger partial charge in [0.05, 0.1) is 12.1 Å². The molecule has 1 aromatic carbocycles. The Kier molecular flexibility index (Phi) is 5.59. The Morgan fingerprint density at radius 1 is 1.44 bits per heavy atom. The molecule has 100 valence electrons. The van der Waals surface area contributed by atoms with Gasteiger partial charge < -0.3 is 15.2 Å². The Morgan fingerprint density at radius 3 is 2.56 bits per heavy atom. The first-order valence-electron chi connectivity index (χ1n) is 5.68. The highest BCUT2D eigenvalue weighted by atomic mass is 35.5. The van der Waals surface area contributed by atoms with E-state index in [0.29, 0.717) is 23.6 Å². The monoisotopic (exact) mass is 271 g/mol. The van der Waals surface area contributed by atoms with E-state index in [1.807, 2.05) is 6.92 Å². The fraction of sp³-hybridized carbons (Fsp3) is 0.462. The van der Waals surface area contributed by atoms with Crippen LogP contribution in [0.4, 0.5) is 0 Å². The van der Waals surface area contributed by atoms with Crippen molar-refractivity contribution in [2.45, 2.75) is 18.9 Å². The summed E-state index contributed by atoms with van der Waals surface area (Å²) in [4.78, 5) is 12.0. The van der Waals surface area contributed by atoms with Crippen LogP contribution in [-0.2, 0) is 4.74 Å². The topological polar surface area (TPSA) is 58.6 Å². The smallest absolute Gasteiger partial charge is 0.251 e. The van der Waals surface area contributed by atoms with Crippen molar-refractivity contribution in [3.05, 3.63) is 34.9 Å². The number of ether oxygens (including phenoxy) is 1. The van der Waals surface area contributed by atoms with Gasteiger partial charge in [-0.3, -0.25) is 4.79 Å². The summed E-state index contributed by atoms with van der Waals surface area (Å²) in [6.07, 6.45) is 0.431. The first-order chi connectivity index (χ1) is 8.50. The fourth-order valence-electron chi connectivity index (χ4n) is 1.68. The average molecular weight is 272 g/mol. The zero-order valence-electron chi connectivity index (χ0n) is 10.6. The van der Waals surface area contributed by atoms with Crippen LogP contribution in [0.2, 0.25) is 5.02 Å². The predicted octanol–water partition coefficient (Wildman–Crippen LogP) is 1.86. The molecule has 0 bridgehead atoms. The number of aliphatic hydroxyl groups excluding tert-OH is 1. The lowest BCUT2D eigenvalue weighted by Crippen LogP contribution is -2.50. The zero-order valence-corrected chi connectivity index (χ0v) is 11.3. The first-order valence-corrected chi connectivity index (χ1v) is 6.06. The molecule has 0 fully saturated rings. The van der Waals surface area contributed by atoms with Gasteiger partial charge in [0.2, 0.25) is 0 Å². The van der Waals surface area contributed by atoms with Gasteiger partial charge in [0.15, 0.2) is 0 Å².